The van der Waals surface area contributed by atoms with E-state index in [1.165, 1.54) is 0 Å². The molecule has 0 amide bonds. The van der Waals surface area contributed by atoms with Crippen molar-refractivity contribution in [3.63, 3.8) is 0 Å². The van der Waals surface area contributed by atoms with Gasteiger partial charge in [0, 0.05) is 43.0 Å². The van der Waals surface area contributed by atoms with E-state index in [1.54, 1.807) is 10.9 Å². The zero-order chi connectivity index (χ0) is 14.7. The van der Waals surface area contributed by atoms with E-state index in [9.17, 15) is 0 Å². The van der Waals surface area contributed by atoms with Crippen molar-refractivity contribution in [2.24, 2.45) is 0 Å². The van der Waals surface area contributed by atoms with Gasteiger partial charge >= 0.3 is 0 Å². The molecule has 0 saturated carbocycles. The van der Waals surface area contributed by atoms with Gasteiger partial charge in [-0.2, -0.15) is 31.8 Å². The van der Waals surface area contributed by atoms with Crippen molar-refractivity contribution in [3.05, 3.63) is 18.5 Å². The van der Waals surface area contributed by atoms with Crippen LogP contribution in [0.15, 0.2) is 18.5 Å². The molecule has 1 N–H and O–H groups in total. The van der Waals surface area contributed by atoms with Gasteiger partial charge < -0.3 is 10.2 Å². The SMILES string of the molecule is CCNc1nc(N2CCSC(C)C2)nc(-n2cccn2)n1. The summed E-state index contributed by atoms with van der Waals surface area (Å²) in [5, 5.41) is 7.96. The zero-order valence-electron chi connectivity index (χ0n) is 12.2. The van der Waals surface area contributed by atoms with Crippen molar-refractivity contribution in [2.75, 3.05) is 35.6 Å². The number of thioether (sulfide) groups is 1. The largest absolute Gasteiger partial charge is 0.354 e. The fourth-order valence-corrected chi connectivity index (χ4v) is 3.24. The number of hydrogen-bond donors (Lipinski definition) is 1. The van der Waals surface area contributed by atoms with E-state index in [4.69, 9.17) is 0 Å². The molecule has 0 aliphatic carbocycles. The third kappa shape index (κ3) is 3.26. The highest BCUT2D eigenvalue weighted by Gasteiger charge is 2.20. The van der Waals surface area contributed by atoms with Gasteiger partial charge in [-0.1, -0.05) is 6.92 Å². The predicted octanol–water partition coefficient (Wildman–Crippen LogP) is 1.43. The number of anilines is 2. The maximum atomic E-state index is 4.57. The smallest absolute Gasteiger partial charge is 0.257 e. The Morgan fingerprint density at radius 3 is 2.90 bits per heavy atom. The fraction of sp³-hybridized carbons (Fsp3) is 0.538. The van der Waals surface area contributed by atoms with Crippen molar-refractivity contribution in [1.29, 1.82) is 0 Å². The van der Waals surface area contributed by atoms with Gasteiger partial charge in [-0.25, -0.2) is 4.68 Å². The summed E-state index contributed by atoms with van der Waals surface area (Å²) in [7, 11) is 0. The summed E-state index contributed by atoms with van der Waals surface area (Å²) in [5.74, 6) is 2.96. The van der Waals surface area contributed by atoms with Gasteiger partial charge in [0.1, 0.15) is 0 Å². The van der Waals surface area contributed by atoms with Crippen LogP contribution in [0.25, 0.3) is 5.95 Å². The summed E-state index contributed by atoms with van der Waals surface area (Å²) in [4.78, 5) is 15.7. The first-order valence-corrected chi connectivity index (χ1v) is 8.17. The lowest BCUT2D eigenvalue weighted by Gasteiger charge is -2.30. The van der Waals surface area contributed by atoms with Crippen LogP contribution in [0.4, 0.5) is 11.9 Å². The highest BCUT2D eigenvalue weighted by atomic mass is 32.2. The van der Waals surface area contributed by atoms with Gasteiger partial charge in [-0.3, -0.25) is 0 Å². The van der Waals surface area contributed by atoms with Crippen LogP contribution in [0, 0.1) is 0 Å². The van der Waals surface area contributed by atoms with Gasteiger partial charge in [0.2, 0.25) is 11.9 Å². The molecular formula is C13H19N7S. The Kier molecular flexibility index (Phi) is 4.23. The average molecular weight is 305 g/mol. The first-order chi connectivity index (χ1) is 10.3. The molecule has 0 spiro atoms. The molecule has 21 heavy (non-hydrogen) atoms. The van der Waals surface area contributed by atoms with E-state index < -0.39 is 0 Å². The van der Waals surface area contributed by atoms with E-state index in [1.807, 2.05) is 30.9 Å². The molecule has 2 aromatic rings. The minimum Gasteiger partial charge on any atom is -0.354 e. The standard InChI is InChI=1S/C13H19N7S/c1-3-14-11-16-12(19-7-8-21-10(2)9-19)18-13(17-11)20-6-4-5-15-20/h4-6,10H,3,7-9H2,1-2H3,(H,14,16,17,18). The molecule has 0 aromatic carbocycles. The molecule has 1 saturated heterocycles. The Balaban J connectivity index is 1.95. The first kappa shape index (κ1) is 14.1. The Morgan fingerprint density at radius 1 is 1.33 bits per heavy atom. The molecule has 8 heteroatoms. The molecule has 3 heterocycles. The number of rotatable bonds is 4. The molecule has 1 unspecified atom stereocenters. The molecule has 2 aromatic heterocycles. The fourth-order valence-electron chi connectivity index (χ4n) is 2.22. The normalized spacial score (nSPS) is 18.8. The van der Waals surface area contributed by atoms with Gasteiger partial charge in [-0.15, -0.1) is 0 Å². The number of nitrogens with one attached hydrogen (secondary N) is 1. The number of nitrogens with zero attached hydrogens (tertiary/aromatic N) is 6. The topological polar surface area (TPSA) is 71.8 Å². The molecule has 0 radical (unpaired) electrons. The number of aromatic nitrogens is 5. The van der Waals surface area contributed by atoms with Crippen LogP contribution in [0.1, 0.15) is 13.8 Å². The predicted molar refractivity (Wildman–Crippen MR) is 85.2 cm³/mol. The molecule has 3 rings (SSSR count). The molecule has 1 atom stereocenters. The van der Waals surface area contributed by atoms with Crippen LogP contribution in [0.2, 0.25) is 0 Å². The molecule has 0 bridgehead atoms. The van der Waals surface area contributed by atoms with E-state index >= 15 is 0 Å². The lowest BCUT2D eigenvalue weighted by molar-refractivity contribution is 0.730. The minimum atomic E-state index is 0.548. The summed E-state index contributed by atoms with van der Waals surface area (Å²) in [6.45, 7) is 6.95. The highest BCUT2D eigenvalue weighted by Crippen LogP contribution is 2.22. The van der Waals surface area contributed by atoms with Crippen molar-refractivity contribution in [1.82, 2.24) is 24.7 Å². The third-order valence-corrected chi connectivity index (χ3v) is 4.32. The van der Waals surface area contributed by atoms with Gasteiger partial charge in [-0.05, 0) is 13.0 Å². The molecule has 1 fully saturated rings. The summed E-state index contributed by atoms with van der Waals surface area (Å²) in [6.07, 6.45) is 3.56. The Bertz CT molecular complexity index is 586. The molecule has 1 aliphatic heterocycles. The third-order valence-electron chi connectivity index (χ3n) is 3.18. The van der Waals surface area contributed by atoms with Crippen LogP contribution >= 0.6 is 11.8 Å². The van der Waals surface area contributed by atoms with E-state index in [0.29, 0.717) is 17.1 Å². The van der Waals surface area contributed by atoms with E-state index in [0.717, 1.165) is 31.3 Å². The van der Waals surface area contributed by atoms with E-state index in [-0.39, 0.29) is 0 Å². The van der Waals surface area contributed by atoms with Crippen molar-refractivity contribution >= 4 is 23.7 Å². The quantitative estimate of drug-likeness (QED) is 0.916. The van der Waals surface area contributed by atoms with Crippen LogP contribution < -0.4 is 10.2 Å². The molecular weight excluding hydrogens is 286 g/mol. The van der Waals surface area contributed by atoms with E-state index in [2.05, 4.69) is 37.2 Å². The molecule has 112 valence electrons. The molecule has 1 aliphatic rings. The Morgan fingerprint density at radius 2 is 2.19 bits per heavy atom. The second kappa shape index (κ2) is 6.30. The van der Waals surface area contributed by atoms with Crippen LogP contribution in [0.5, 0.6) is 0 Å². The molecule has 7 nitrogen and oxygen atoms in total. The maximum absolute atomic E-state index is 4.57. The summed E-state index contributed by atoms with van der Waals surface area (Å²) >= 11 is 1.99. The Hall–Kier alpha value is -1.83. The minimum absolute atomic E-state index is 0.548. The van der Waals surface area contributed by atoms with Crippen molar-refractivity contribution in [3.8, 4) is 5.95 Å². The monoisotopic (exact) mass is 305 g/mol. The first-order valence-electron chi connectivity index (χ1n) is 7.13. The van der Waals surface area contributed by atoms with Crippen molar-refractivity contribution < 1.29 is 0 Å². The Labute approximate surface area is 128 Å². The average Bonchev–Trinajstić information content (AvgIpc) is 3.01. The second-order valence-electron chi connectivity index (χ2n) is 4.87. The van der Waals surface area contributed by atoms with Crippen LogP contribution in [-0.2, 0) is 0 Å². The summed E-state index contributed by atoms with van der Waals surface area (Å²) in [5.41, 5.74) is 0. The lowest BCUT2D eigenvalue weighted by atomic mass is 10.4. The second-order valence-corrected chi connectivity index (χ2v) is 6.41. The number of hydrogen-bond acceptors (Lipinski definition) is 7. The van der Waals surface area contributed by atoms with Gasteiger partial charge in [0.15, 0.2) is 0 Å². The van der Waals surface area contributed by atoms with Crippen LogP contribution in [0.3, 0.4) is 0 Å². The van der Waals surface area contributed by atoms with Gasteiger partial charge in [0.05, 0.1) is 0 Å². The highest BCUT2D eigenvalue weighted by molar-refractivity contribution is 8.00. The van der Waals surface area contributed by atoms with Gasteiger partial charge in [0.25, 0.3) is 5.95 Å². The zero-order valence-corrected chi connectivity index (χ0v) is 13.0. The summed E-state index contributed by atoms with van der Waals surface area (Å²) in [6, 6.07) is 1.86. The van der Waals surface area contributed by atoms with Crippen LogP contribution in [-0.4, -0.2) is 55.4 Å². The maximum Gasteiger partial charge on any atom is 0.257 e. The lowest BCUT2D eigenvalue weighted by Crippen LogP contribution is -2.38. The summed E-state index contributed by atoms with van der Waals surface area (Å²) < 4.78 is 1.66. The van der Waals surface area contributed by atoms with Crippen molar-refractivity contribution in [2.45, 2.75) is 19.1 Å².